The number of nitrogens with one attached hydrogen (secondary N) is 1. The Balaban J connectivity index is 1.93. The Hall–Kier alpha value is -1.32. The standard InChI is InChI=1S/C11H17N3O/c1-3-15-11-6-10(12-7-13-11)14-9-4-8(2)5-9/h6-9H,3-5H2,1-2H3,(H,12,13,14). The van der Waals surface area contributed by atoms with Crippen LogP contribution >= 0.6 is 0 Å². The van der Waals surface area contributed by atoms with E-state index < -0.39 is 0 Å². The summed E-state index contributed by atoms with van der Waals surface area (Å²) in [4.78, 5) is 8.19. The molecule has 4 nitrogen and oxygen atoms in total. The van der Waals surface area contributed by atoms with Crippen molar-refractivity contribution in [2.24, 2.45) is 5.92 Å². The Bertz CT molecular complexity index is 323. The van der Waals surface area contributed by atoms with Gasteiger partial charge in [0.25, 0.3) is 0 Å². The molecule has 15 heavy (non-hydrogen) atoms. The molecule has 0 spiro atoms. The minimum atomic E-state index is 0.573. The fraction of sp³-hybridized carbons (Fsp3) is 0.636. The lowest BCUT2D eigenvalue weighted by atomic mass is 9.82. The quantitative estimate of drug-likeness (QED) is 0.821. The van der Waals surface area contributed by atoms with Gasteiger partial charge in [0.1, 0.15) is 12.1 Å². The van der Waals surface area contributed by atoms with Gasteiger partial charge in [-0.05, 0) is 25.7 Å². The molecule has 1 aliphatic carbocycles. The van der Waals surface area contributed by atoms with E-state index in [1.54, 1.807) is 0 Å². The third-order valence-electron chi connectivity index (χ3n) is 2.66. The molecule has 1 N–H and O–H groups in total. The fourth-order valence-corrected chi connectivity index (χ4v) is 1.87. The Morgan fingerprint density at radius 1 is 1.47 bits per heavy atom. The van der Waals surface area contributed by atoms with Crippen molar-refractivity contribution in [3.63, 3.8) is 0 Å². The normalized spacial score (nSPS) is 24.4. The van der Waals surface area contributed by atoms with Crippen LogP contribution in [0, 0.1) is 5.92 Å². The summed E-state index contributed by atoms with van der Waals surface area (Å²) in [6.07, 6.45) is 4.00. The highest BCUT2D eigenvalue weighted by atomic mass is 16.5. The van der Waals surface area contributed by atoms with Gasteiger partial charge in [0.05, 0.1) is 6.61 Å². The van der Waals surface area contributed by atoms with Crippen LogP contribution in [-0.4, -0.2) is 22.6 Å². The van der Waals surface area contributed by atoms with Gasteiger partial charge in [0.15, 0.2) is 0 Å². The minimum Gasteiger partial charge on any atom is -0.478 e. The first-order valence-corrected chi connectivity index (χ1v) is 5.49. The Labute approximate surface area is 90.1 Å². The van der Waals surface area contributed by atoms with E-state index in [2.05, 4.69) is 22.2 Å². The summed E-state index contributed by atoms with van der Waals surface area (Å²) in [5.74, 6) is 2.35. The minimum absolute atomic E-state index is 0.573. The van der Waals surface area contributed by atoms with Crippen molar-refractivity contribution in [2.75, 3.05) is 11.9 Å². The smallest absolute Gasteiger partial charge is 0.218 e. The molecule has 0 amide bonds. The second-order valence-electron chi connectivity index (χ2n) is 4.09. The van der Waals surface area contributed by atoms with Gasteiger partial charge in [0, 0.05) is 12.1 Å². The van der Waals surface area contributed by atoms with Crippen molar-refractivity contribution in [1.82, 2.24) is 9.97 Å². The van der Waals surface area contributed by atoms with Gasteiger partial charge in [-0.15, -0.1) is 0 Å². The average Bonchev–Trinajstić information content (AvgIpc) is 2.17. The highest BCUT2D eigenvalue weighted by Gasteiger charge is 2.25. The topological polar surface area (TPSA) is 47.0 Å². The van der Waals surface area contributed by atoms with Crippen LogP contribution in [0.4, 0.5) is 5.82 Å². The van der Waals surface area contributed by atoms with Crippen molar-refractivity contribution >= 4 is 5.82 Å². The van der Waals surface area contributed by atoms with E-state index in [1.165, 1.54) is 19.2 Å². The fourth-order valence-electron chi connectivity index (χ4n) is 1.87. The number of hydrogen-bond donors (Lipinski definition) is 1. The van der Waals surface area contributed by atoms with Crippen LogP contribution < -0.4 is 10.1 Å². The van der Waals surface area contributed by atoms with E-state index in [9.17, 15) is 0 Å². The van der Waals surface area contributed by atoms with Crippen LogP contribution in [0.15, 0.2) is 12.4 Å². The third kappa shape index (κ3) is 2.58. The van der Waals surface area contributed by atoms with E-state index in [0.29, 0.717) is 18.5 Å². The van der Waals surface area contributed by atoms with Crippen LogP contribution in [0.3, 0.4) is 0 Å². The zero-order valence-corrected chi connectivity index (χ0v) is 9.23. The van der Waals surface area contributed by atoms with Gasteiger partial charge in [-0.25, -0.2) is 9.97 Å². The van der Waals surface area contributed by atoms with Crippen molar-refractivity contribution in [3.05, 3.63) is 12.4 Å². The zero-order valence-electron chi connectivity index (χ0n) is 9.23. The molecular formula is C11H17N3O. The second-order valence-corrected chi connectivity index (χ2v) is 4.09. The van der Waals surface area contributed by atoms with Crippen LogP contribution in [0.2, 0.25) is 0 Å². The zero-order chi connectivity index (χ0) is 10.7. The first kappa shape index (κ1) is 10.2. The highest BCUT2D eigenvalue weighted by Crippen LogP contribution is 2.29. The first-order chi connectivity index (χ1) is 7.28. The molecule has 0 bridgehead atoms. The number of hydrogen-bond acceptors (Lipinski definition) is 4. The number of nitrogens with zero attached hydrogens (tertiary/aromatic N) is 2. The number of aromatic nitrogens is 2. The third-order valence-corrected chi connectivity index (χ3v) is 2.66. The Morgan fingerprint density at radius 2 is 2.27 bits per heavy atom. The molecule has 0 aromatic carbocycles. The van der Waals surface area contributed by atoms with Crippen molar-refractivity contribution in [3.8, 4) is 5.88 Å². The van der Waals surface area contributed by atoms with E-state index in [4.69, 9.17) is 4.74 Å². The van der Waals surface area contributed by atoms with E-state index in [-0.39, 0.29) is 0 Å². The van der Waals surface area contributed by atoms with Gasteiger partial charge in [0.2, 0.25) is 5.88 Å². The molecule has 82 valence electrons. The maximum Gasteiger partial charge on any atom is 0.218 e. The molecule has 2 rings (SSSR count). The Morgan fingerprint density at radius 3 is 2.93 bits per heavy atom. The molecule has 0 saturated heterocycles. The summed E-state index contributed by atoms with van der Waals surface area (Å²) in [5, 5.41) is 3.38. The van der Waals surface area contributed by atoms with Gasteiger partial charge in [-0.1, -0.05) is 6.92 Å². The van der Waals surface area contributed by atoms with Crippen molar-refractivity contribution in [1.29, 1.82) is 0 Å². The molecule has 0 aliphatic heterocycles. The first-order valence-electron chi connectivity index (χ1n) is 5.49. The van der Waals surface area contributed by atoms with Crippen LogP contribution in [0.1, 0.15) is 26.7 Å². The molecule has 0 atom stereocenters. The largest absolute Gasteiger partial charge is 0.478 e. The van der Waals surface area contributed by atoms with Gasteiger partial charge in [-0.2, -0.15) is 0 Å². The molecule has 1 fully saturated rings. The summed E-state index contributed by atoms with van der Waals surface area (Å²) in [7, 11) is 0. The number of anilines is 1. The van der Waals surface area contributed by atoms with Gasteiger partial charge in [-0.3, -0.25) is 0 Å². The number of ether oxygens (including phenoxy) is 1. The van der Waals surface area contributed by atoms with Crippen LogP contribution in [0.5, 0.6) is 5.88 Å². The summed E-state index contributed by atoms with van der Waals surface area (Å²) in [6, 6.07) is 2.43. The summed E-state index contributed by atoms with van der Waals surface area (Å²) in [6.45, 7) is 4.85. The highest BCUT2D eigenvalue weighted by molar-refractivity contribution is 5.38. The molecule has 4 heteroatoms. The van der Waals surface area contributed by atoms with Crippen LogP contribution in [0.25, 0.3) is 0 Å². The average molecular weight is 207 g/mol. The monoisotopic (exact) mass is 207 g/mol. The predicted molar refractivity (Wildman–Crippen MR) is 59.0 cm³/mol. The van der Waals surface area contributed by atoms with E-state index in [0.717, 1.165) is 11.7 Å². The molecule has 0 unspecified atom stereocenters. The Kier molecular flexibility index (Phi) is 3.04. The predicted octanol–water partition coefficient (Wildman–Crippen LogP) is 2.09. The summed E-state index contributed by atoms with van der Waals surface area (Å²) >= 11 is 0. The lowest BCUT2D eigenvalue weighted by molar-refractivity contribution is 0.307. The van der Waals surface area contributed by atoms with Crippen molar-refractivity contribution in [2.45, 2.75) is 32.7 Å². The lowest BCUT2D eigenvalue weighted by Gasteiger charge is -2.33. The SMILES string of the molecule is CCOc1cc(NC2CC(C)C2)ncn1. The molecule has 1 heterocycles. The maximum atomic E-state index is 5.31. The molecule has 1 saturated carbocycles. The lowest BCUT2D eigenvalue weighted by Crippen LogP contribution is -2.34. The van der Waals surface area contributed by atoms with E-state index in [1.807, 2.05) is 13.0 Å². The summed E-state index contributed by atoms with van der Waals surface area (Å²) < 4.78 is 5.31. The molecule has 1 aromatic heterocycles. The van der Waals surface area contributed by atoms with Gasteiger partial charge >= 0.3 is 0 Å². The molecule has 1 aliphatic rings. The van der Waals surface area contributed by atoms with Gasteiger partial charge < -0.3 is 10.1 Å². The molecular weight excluding hydrogens is 190 g/mol. The van der Waals surface area contributed by atoms with Crippen molar-refractivity contribution < 1.29 is 4.74 Å². The van der Waals surface area contributed by atoms with E-state index >= 15 is 0 Å². The summed E-state index contributed by atoms with van der Waals surface area (Å²) in [5.41, 5.74) is 0. The molecule has 0 radical (unpaired) electrons. The molecule has 1 aromatic rings. The second kappa shape index (κ2) is 4.47. The van der Waals surface area contributed by atoms with Crippen LogP contribution in [-0.2, 0) is 0 Å². The maximum absolute atomic E-state index is 5.31. The number of rotatable bonds is 4.